The molecule has 0 radical (unpaired) electrons. The van der Waals surface area contributed by atoms with Crippen molar-refractivity contribution < 1.29 is 21.6 Å². The van der Waals surface area contributed by atoms with Crippen LogP contribution in [0.4, 0.5) is 0 Å². The third-order valence-electron chi connectivity index (χ3n) is 8.70. The summed E-state index contributed by atoms with van der Waals surface area (Å²) in [6.45, 7) is 11.9. The molecule has 5 nitrogen and oxygen atoms in total. The minimum Gasteiger partial charge on any atom is -0.424 e. The molecule has 50 heavy (non-hydrogen) atoms. The first-order valence-corrected chi connectivity index (χ1v) is 20.0. The van der Waals surface area contributed by atoms with Crippen molar-refractivity contribution in [3.63, 3.8) is 0 Å². The van der Waals surface area contributed by atoms with Crippen molar-refractivity contribution in [3.8, 4) is 0 Å². The van der Waals surface area contributed by atoms with Crippen LogP contribution in [-0.2, 0) is 19.8 Å². The van der Waals surface area contributed by atoms with Crippen LogP contribution >= 0.6 is 16.0 Å². The molecule has 0 bridgehead atoms. The van der Waals surface area contributed by atoms with Crippen molar-refractivity contribution in [2.45, 2.75) is 40.5 Å². The number of ketones is 1. The number of hydrogen-bond donors (Lipinski definition) is 0. The number of para-hydroxylation sites is 3. The quantitative estimate of drug-likeness (QED) is 0.168. The van der Waals surface area contributed by atoms with E-state index in [4.69, 9.17) is 16.8 Å². The molecule has 1 aliphatic rings. The maximum absolute atomic E-state index is 12.7. The zero-order chi connectivity index (χ0) is 35.2. The predicted molar refractivity (Wildman–Crippen MR) is 210 cm³/mol. The van der Waals surface area contributed by atoms with Gasteiger partial charge in [-0.05, 0) is 74.6 Å². The van der Waals surface area contributed by atoms with Crippen LogP contribution in [0, 0.1) is 27.7 Å². The highest BCUT2D eigenvalue weighted by Gasteiger charge is 2.18. The lowest BCUT2D eigenvalue weighted by Gasteiger charge is -2.12. The second-order valence-corrected chi connectivity index (χ2v) is 14.9. The molecule has 2 heterocycles. The summed E-state index contributed by atoms with van der Waals surface area (Å²) in [4.78, 5) is 12.7. The van der Waals surface area contributed by atoms with E-state index < -0.39 is 16.0 Å². The van der Waals surface area contributed by atoms with Gasteiger partial charge in [-0.25, -0.2) is 0 Å². The van der Waals surface area contributed by atoms with Gasteiger partial charge in [0.15, 0.2) is 5.78 Å². The highest BCUT2D eigenvalue weighted by atomic mass is 31.1. The van der Waals surface area contributed by atoms with Crippen molar-refractivity contribution >= 4 is 60.8 Å². The summed E-state index contributed by atoms with van der Waals surface area (Å²) in [5, 5.41) is 3.36. The average Bonchev–Trinajstić information content (AvgIpc) is 3.34. The largest absolute Gasteiger partial charge is 0.424 e. The molecule has 8 rings (SSSR count). The first kappa shape index (κ1) is 34.9. The van der Waals surface area contributed by atoms with Crippen molar-refractivity contribution in [1.29, 1.82) is 0 Å². The van der Waals surface area contributed by atoms with Gasteiger partial charge in [0.25, 0.3) is 0 Å². The fourth-order valence-electron chi connectivity index (χ4n) is 6.36. The van der Waals surface area contributed by atoms with Crippen molar-refractivity contribution in [2.24, 2.45) is 13.3 Å². The Morgan fingerprint density at radius 1 is 0.520 bits per heavy atom. The minimum atomic E-state index is -0.891. The number of benzene rings is 5. The van der Waals surface area contributed by atoms with Gasteiger partial charge in [-0.2, -0.15) is 0 Å². The third-order valence-corrected chi connectivity index (χ3v) is 10.5. The van der Waals surface area contributed by atoms with Gasteiger partial charge in [0.2, 0.25) is 16.0 Å². The van der Waals surface area contributed by atoms with E-state index in [0.717, 1.165) is 84.9 Å². The smallest absolute Gasteiger partial charge is 0.213 e. The highest BCUT2D eigenvalue weighted by molar-refractivity contribution is 7.35. The van der Waals surface area contributed by atoms with Crippen LogP contribution in [0.15, 0.2) is 132 Å². The zero-order valence-corrected chi connectivity index (χ0v) is 31.2. The maximum atomic E-state index is 12.7. The van der Waals surface area contributed by atoms with Gasteiger partial charge < -0.3 is 16.8 Å². The minimum absolute atomic E-state index is 0.140. The first-order chi connectivity index (χ1) is 24.2. The summed E-state index contributed by atoms with van der Waals surface area (Å²) in [6, 6.07) is 36.2. The molecule has 0 fully saturated rings. The molecule has 1 atom stereocenters. The van der Waals surface area contributed by atoms with E-state index in [0.29, 0.717) is 0 Å². The molecule has 0 saturated heterocycles. The van der Waals surface area contributed by atoms with Gasteiger partial charge >= 0.3 is 0 Å². The Labute approximate surface area is 295 Å². The lowest BCUT2D eigenvalue weighted by Crippen LogP contribution is -2.09. The molecule has 0 amide bonds. The van der Waals surface area contributed by atoms with E-state index in [1.165, 1.54) is 5.56 Å². The monoisotopic (exact) mass is 700 g/mol. The molecule has 254 valence electrons. The summed E-state index contributed by atoms with van der Waals surface area (Å²) in [5.74, 6) is 1.22. The molecule has 0 aliphatic heterocycles. The predicted octanol–water partition coefficient (Wildman–Crippen LogP) is 13.6. The van der Waals surface area contributed by atoms with E-state index in [1.54, 1.807) is 0 Å². The standard InChI is InChI=1S/C17H18O.C13H13O2P.C13H11O2P/c1-11-7-5-8-12(2)15(11)17(18)16-13(3)9-6-10-14(16)4;2*1-16-14-12-8-4-2-6-10(12)11-7-3-5-9-13(11)15-16/h5-10H,1-4H3;2-4,6-8H,5,9H2,1H3;2-9H,1H3. The number of fused-ring (bicyclic) bond motifs is 6. The number of rotatable bonds is 2. The van der Waals surface area contributed by atoms with E-state index in [-0.39, 0.29) is 5.78 Å². The molecule has 0 saturated carbocycles. The number of hydrogen-bond acceptors (Lipinski definition) is 5. The topological polar surface area (TPSA) is 69.6 Å². The van der Waals surface area contributed by atoms with Crippen molar-refractivity contribution in [3.05, 3.63) is 160 Å². The van der Waals surface area contributed by atoms with Gasteiger partial charge in [0, 0.05) is 52.6 Å². The fraction of sp³-hybridized carbons (Fsp3) is 0.186. The SMILES string of the molecule is Cc1cccc(C)c1C(=O)c1c(C)cccc1C.Cp1oc2c(c3ccccc3o1)C=CCC2.Cp1oc2ccccc2c2ccccc2o1. The summed E-state index contributed by atoms with van der Waals surface area (Å²) in [7, 11) is -1.73. The average molecular weight is 701 g/mol. The second-order valence-electron chi connectivity index (χ2n) is 12.4. The molecule has 1 unspecified atom stereocenters. The van der Waals surface area contributed by atoms with Gasteiger partial charge in [-0.15, -0.1) is 0 Å². The molecular formula is C43H42O5P2. The Hall–Kier alpha value is -4.95. The molecule has 7 heteroatoms. The zero-order valence-electron chi connectivity index (χ0n) is 29.4. The number of allylic oxidation sites excluding steroid dienone is 1. The molecule has 0 spiro atoms. The Morgan fingerprint density at radius 2 is 0.920 bits per heavy atom. The van der Waals surface area contributed by atoms with Crippen LogP contribution in [0.1, 0.15) is 55.9 Å². The Morgan fingerprint density at radius 3 is 1.40 bits per heavy atom. The lowest BCUT2D eigenvalue weighted by molar-refractivity contribution is 0.103. The van der Waals surface area contributed by atoms with E-state index in [1.807, 2.05) is 132 Å². The molecule has 1 aliphatic carbocycles. The second kappa shape index (κ2) is 15.7. The van der Waals surface area contributed by atoms with Gasteiger partial charge in [0.1, 0.15) is 22.5 Å². The molecule has 0 N–H and O–H groups in total. The van der Waals surface area contributed by atoms with E-state index >= 15 is 0 Å². The van der Waals surface area contributed by atoms with Crippen molar-refractivity contribution in [1.82, 2.24) is 0 Å². The van der Waals surface area contributed by atoms with Crippen LogP contribution in [0.2, 0.25) is 0 Å². The molecule has 7 aromatic rings. The maximum Gasteiger partial charge on any atom is 0.213 e. The van der Waals surface area contributed by atoms with Crippen LogP contribution in [0.5, 0.6) is 0 Å². The summed E-state index contributed by atoms with van der Waals surface area (Å²) >= 11 is 0. The molecule has 5 aromatic carbocycles. The number of carbonyl (C=O) groups excluding carboxylic acids is 1. The first-order valence-electron chi connectivity index (χ1n) is 16.7. The Balaban J connectivity index is 0.000000130. The van der Waals surface area contributed by atoms with Crippen LogP contribution in [-0.4, -0.2) is 5.78 Å². The highest BCUT2D eigenvalue weighted by Crippen LogP contribution is 2.34. The van der Waals surface area contributed by atoms with E-state index in [2.05, 4.69) is 30.4 Å². The lowest BCUT2D eigenvalue weighted by atomic mass is 9.90. The Bertz CT molecular complexity index is 2280. The molecule has 2 aromatic heterocycles. The number of carbonyl (C=O) groups is 1. The Kier molecular flexibility index (Phi) is 11.0. The van der Waals surface area contributed by atoms with Crippen LogP contribution in [0.3, 0.4) is 0 Å². The van der Waals surface area contributed by atoms with Gasteiger partial charge in [-0.3, -0.25) is 4.79 Å². The summed E-state index contributed by atoms with van der Waals surface area (Å²) in [6.07, 6.45) is 6.39. The van der Waals surface area contributed by atoms with Gasteiger partial charge in [0.05, 0.1) is 0 Å². The normalized spacial score (nSPS) is 12.0. The number of aryl methyl sites for hydroxylation is 7. The van der Waals surface area contributed by atoms with E-state index in [9.17, 15) is 4.79 Å². The third kappa shape index (κ3) is 7.76. The fourth-order valence-corrected chi connectivity index (χ4v) is 8.25. The van der Waals surface area contributed by atoms with Crippen LogP contribution in [0.25, 0.3) is 39.0 Å². The van der Waals surface area contributed by atoms with Crippen LogP contribution < -0.4 is 0 Å². The summed E-state index contributed by atoms with van der Waals surface area (Å²) < 4.78 is 23.2. The molecular weight excluding hydrogens is 658 g/mol. The summed E-state index contributed by atoms with van der Waals surface area (Å²) in [5.41, 5.74) is 9.80. The van der Waals surface area contributed by atoms with Gasteiger partial charge in [-0.1, -0.05) is 103 Å². The van der Waals surface area contributed by atoms with Crippen molar-refractivity contribution in [2.75, 3.05) is 0 Å².